The quantitative estimate of drug-likeness (QED) is 0.0736. The van der Waals surface area contributed by atoms with E-state index in [0.717, 1.165) is 45.1 Å². The summed E-state index contributed by atoms with van der Waals surface area (Å²) < 4.78 is 0. The summed E-state index contributed by atoms with van der Waals surface area (Å²) in [5.74, 6) is -6.77. The van der Waals surface area contributed by atoms with Crippen LogP contribution in [-0.2, 0) is 24.0 Å². The molecule has 1 unspecified atom stereocenters. The molecule has 2 aromatic rings. The second-order valence-corrected chi connectivity index (χ2v) is 13.9. The van der Waals surface area contributed by atoms with E-state index in [4.69, 9.17) is 22.2 Å². The number of carbonyl (C=O) groups is 6. The number of oxime groups is 1. The van der Waals surface area contributed by atoms with Crippen molar-refractivity contribution >= 4 is 81.2 Å². The van der Waals surface area contributed by atoms with Crippen molar-refractivity contribution in [2.75, 3.05) is 18.8 Å². The van der Waals surface area contributed by atoms with Crippen molar-refractivity contribution < 1.29 is 54.0 Å². The molecule has 3 saturated heterocycles. The van der Waals surface area contributed by atoms with E-state index in [0.29, 0.717) is 0 Å². The number of benzene rings is 1. The van der Waals surface area contributed by atoms with Gasteiger partial charge in [0.2, 0.25) is 16.4 Å². The Labute approximate surface area is 283 Å². The number of nitrogens with two attached hydrogens (primary N) is 1. The number of aromatic nitrogens is 1. The Bertz CT molecular complexity index is 1790. The number of carboxylic acid groups (broad SMARTS) is 2. The molecule has 19 nitrogen and oxygen atoms in total. The molecule has 4 atom stereocenters. The maximum Gasteiger partial charge on any atom is 0.350 e. The number of phenols is 2. The number of nitrogens with zero attached hydrogens (tertiary/aromatic N) is 5. The topological polar surface area (TPSA) is 278 Å². The minimum absolute atomic E-state index is 0.0606. The van der Waals surface area contributed by atoms with Crippen LogP contribution >= 0.6 is 34.7 Å². The van der Waals surface area contributed by atoms with Crippen LogP contribution in [-0.4, -0.2) is 123 Å². The lowest BCUT2D eigenvalue weighted by atomic mass is 10.0. The number of anilines is 1. The highest BCUT2D eigenvalue weighted by Gasteiger charge is 2.67. The number of hydrogen-bond donors (Lipinski definition) is 7. The Balaban J connectivity index is 1.34. The minimum Gasteiger partial charge on any atom is -0.504 e. The zero-order valence-corrected chi connectivity index (χ0v) is 27.4. The summed E-state index contributed by atoms with van der Waals surface area (Å²) in [5.41, 5.74) is 5.33. The van der Waals surface area contributed by atoms with Crippen molar-refractivity contribution in [3.05, 3.63) is 33.8 Å². The zero-order chi connectivity index (χ0) is 35.5. The number of phenolic OH excluding ortho intramolecular Hbond substituents is 2. The van der Waals surface area contributed by atoms with E-state index < -0.39 is 92.4 Å². The highest BCUT2D eigenvalue weighted by molar-refractivity contribution is 8.02. The number of thioether (sulfide) groups is 1. The Morgan fingerprint density at radius 2 is 1.90 bits per heavy atom. The van der Waals surface area contributed by atoms with Gasteiger partial charge in [-0.15, -0.1) is 11.3 Å². The van der Waals surface area contributed by atoms with Crippen LogP contribution in [0.15, 0.2) is 22.7 Å². The number of aromatic hydroxyl groups is 2. The van der Waals surface area contributed by atoms with E-state index in [1.807, 2.05) is 0 Å². The van der Waals surface area contributed by atoms with Gasteiger partial charge in [0, 0.05) is 5.38 Å². The molecule has 8 N–H and O–H groups in total. The molecular formula is C26H27ClN8O11S2. The third-order valence-electron chi connectivity index (χ3n) is 7.61. The Morgan fingerprint density at radius 1 is 1.21 bits per heavy atom. The monoisotopic (exact) mass is 726 g/mol. The molecule has 0 spiro atoms. The molecule has 256 valence electrons. The van der Waals surface area contributed by atoms with Crippen LogP contribution in [0, 0.1) is 0 Å². The van der Waals surface area contributed by atoms with Crippen LogP contribution in [0.2, 0.25) is 5.02 Å². The van der Waals surface area contributed by atoms with Crippen molar-refractivity contribution in [1.29, 1.82) is 0 Å². The Hall–Kier alpha value is -5.02. The number of hydrazine groups is 1. The number of halogens is 1. The number of carboxylic acids is 2. The molecule has 3 aliphatic heterocycles. The predicted octanol–water partition coefficient (Wildman–Crippen LogP) is 0.0257. The summed E-state index contributed by atoms with van der Waals surface area (Å²) in [6.45, 7) is 3.28. The molecule has 4 heterocycles. The van der Waals surface area contributed by atoms with Gasteiger partial charge >= 0.3 is 18.0 Å². The largest absolute Gasteiger partial charge is 0.504 e. The first-order chi connectivity index (χ1) is 22.4. The summed E-state index contributed by atoms with van der Waals surface area (Å²) in [4.78, 5) is 86.6. The molecule has 5 rings (SSSR count). The number of β-lactam (4-membered cyclic amide) rings is 1. The van der Waals surface area contributed by atoms with Gasteiger partial charge in [-0.1, -0.05) is 28.5 Å². The Kier molecular flexibility index (Phi) is 8.73. The average molecular weight is 727 g/mol. The molecule has 0 aliphatic carbocycles. The Morgan fingerprint density at radius 3 is 2.50 bits per heavy atom. The van der Waals surface area contributed by atoms with Crippen LogP contribution < -0.4 is 16.5 Å². The van der Waals surface area contributed by atoms with E-state index in [-0.39, 0.29) is 22.9 Å². The number of nitrogen functional groups attached to an aromatic ring is 1. The van der Waals surface area contributed by atoms with E-state index in [1.54, 1.807) is 0 Å². The molecule has 3 fully saturated rings. The minimum atomic E-state index is -2.04. The van der Waals surface area contributed by atoms with Gasteiger partial charge in [-0.05, 0) is 32.9 Å². The van der Waals surface area contributed by atoms with E-state index >= 15 is 0 Å². The normalized spacial score (nSPS) is 23.9. The summed E-state index contributed by atoms with van der Waals surface area (Å²) in [6.07, 6.45) is 0. The fourth-order valence-corrected chi connectivity index (χ4v) is 7.55. The highest BCUT2D eigenvalue weighted by atomic mass is 35.5. The van der Waals surface area contributed by atoms with Gasteiger partial charge in [0.15, 0.2) is 22.3 Å². The van der Waals surface area contributed by atoms with Crippen molar-refractivity contribution in [2.45, 2.75) is 48.7 Å². The van der Waals surface area contributed by atoms with Gasteiger partial charge in [0.25, 0.3) is 11.8 Å². The fourth-order valence-electron chi connectivity index (χ4n) is 5.05. The summed E-state index contributed by atoms with van der Waals surface area (Å²) >= 11 is 7.65. The molecule has 3 aliphatic rings. The first kappa shape index (κ1) is 34.3. The van der Waals surface area contributed by atoms with Gasteiger partial charge in [-0.2, -0.15) is 0 Å². The molecule has 22 heteroatoms. The molecular weight excluding hydrogens is 700 g/mol. The van der Waals surface area contributed by atoms with Crippen molar-refractivity contribution in [3.8, 4) is 11.5 Å². The van der Waals surface area contributed by atoms with Crippen molar-refractivity contribution in [1.82, 2.24) is 30.5 Å². The summed E-state index contributed by atoms with van der Waals surface area (Å²) in [6, 6.07) is -0.883. The third kappa shape index (κ3) is 5.72. The maximum atomic E-state index is 13.6. The SMILES string of the molecule is C[C@@H]1CN(NC(=O)c2ccc(O)c(O)c2Cl)C(=O)N1C1(C(=O)O)CN2C(=O)[C@@H](NC(=O)/C(=N\OC(C)(C)C(=O)O)c3csc(N)n3)[C@H]2S1. The summed E-state index contributed by atoms with van der Waals surface area (Å²) in [7, 11) is 0. The number of fused-ring (bicyclic) bond motifs is 1. The third-order valence-corrected chi connectivity index (χ3v) is 10.3. The number of urea groups is 1. The predicted molar refractivity (Wildman–Crippen MR) is 167 cm³/mol. The standard InChI is InChI=1S/C26H27ClN8O11S2/c1-9-6-34(31-17(38)10-4-5-12(36)16(37)13(10)27)24(45)35(9)26(22(43)44)8-33-19(40)15(20(33)48-26)30-18(39)14(11-7-47-23(28)29-11)32-46-25(2,3)21(41)42/h4-5,7,9,15,20,36-37H,6,8H2,1-3H3,(H2,28,29)(H,30,39)(H,31,38)(H,41,42)(H,43,44)/b32-14-/t9-,15-,20-,26?/m1/s1. The number of aliphatic carboxylic acids is 2. The van der Waals surface area contributed by atoms with Crippen molar-refractivity contribution in [3.63, 3.8) is 0 Å². The first-order valence-electron chi connectivity index (χ1n) is 13.8. The average Bonchev–Trinajstić information content (AvgIpc) is 3.68. The molecule has 0 radical (unpaired) electrons. The summed E-state index contributed by atoms with van der Waals surface area (Å²) in [5, 5.41) is 46.3. The van der Waals surface area contributed by atoms with Gasteiger partial charge < -0.3 is 41.2 Å². The molecule has 5 amide bonds. The fraction of sp³-hybridized carbons (Fsp3) is 0.385. The second kappa shape index (κ2) is 12.2. The lowest BCUT2D eigenvalue weighted by Crippen LogP contribution is -2.68. The van der Waals surface area contributed by atoms with Crippen LogP contribution in [0.25, 0.3) is 0 Å². The van der Waals surface area contributed by atoms with E-state index in [1.165, 1.54) is 31.1 Å². The second-order valence-electron chi connectivity index (χ2n) is 11.3. The zero-order valence-electron chi connectivity index (χ0n) is 25.0. The molecule has 0 saturated carbocycles. The van der Waals surface area contributed by atoms with E-state index in [9.17, 15) is 49.2 Å². The maximum absolute atomic E-state index is 13.6. The molecule has 48 heavy (non-hydrogen) atoms. The van der Waals surface area contributed by atoms with Crippen molar-refractivity contribution in [2.24, 2.45) is 5.16 Å². The number of amides is 5. The van der Waals surface area contributed by atoms with E-state index in [2.05, 4.69) is 20.9 Å². The molecule has 1 aromatic heterocycles. The number of thiazole rings is 1. The molecule has 0 bridgehead atoms. The smallest absolute Gasteiger partial charge is 0.350 e. The number of hydrogen-bond acceptors (Lipinski definition) is 14. The van der Waals surface area contributed by atoms with Crippen LogP contribution in [0.5, 0.6) is 11.5 Å². The van der Waals surface area contributed by atoms with Crippen LogP contribution in [0.1, 0.15) is 36.8 Å². The van der Waals surface area contributed by atoms with Crippen LogP contribution in [0.4, 0.5) is 9.93 Å². The lowest BCUT2D eigenvalue weighted by molar-refractivity contribution is -0.161. The van der Waals surface area contributed by atoms with Crippen LogP contribution in [0.3, 0.4) is 0 Å². The lowest BCUT2D eigenvalue weighted by Gasteiger charge is -2.41. The number of rotatable bonds is 10. The van der Waals surface area contributed by atoms with Gasteiger partial charge in [-0.3, -0.25) is 24.7 Å². The van der Waals surface area contributed by atoms with Gasteiger partial charge in [0.05, 0.1) is 29.7 Å². The van der Waals surface area contributed by atoms with Gasteiger partial charge in [-0.25, -0.2) is 24.4 Å². The van der Waals surface area contributed by atoms with Gasteiger partial charge in [0.1, 0.15) is 17.1 Å². The number of nitrogens with one attached hydrogen (secondary N) is 2. The molecule has 1 aromatic carbocycles. The highest BCUT2D eigenvalue weighted by Crippen LogP contribution is 2.50. The first-order valence-corrected chi connectivity index (χ1v) is 15.9. The number of carbonyl (C=O) groups excluding carboxylic acids is 4.